The van der Waals surface area contributed by atoms with Gasteiger partial charge < -0.3 is 15.2 Å². The molecule has 1 aliphatic carbocycles. The zero-order valence-electron chi connectivity index (χ0n) is 8.10. The SMILES string of the molecule is NCC1(c2nc(-c3ncc[nH]3)no2)CC1. The summed E-state index contributed by atoms with van der Waals surface area (Å²) >= 11 is 0. The third-order valence-corrected chi connectivity index (χ3v) is 2.83. The van der Waals surface area contributed by atoms with Crippen LogP contribution in [0.25, 0.3) is 11.6 Å². The average molecular weight is 205 g/mol. The van der Waals surface area contributed by atoms with E-state index < -0.39 is 0 Å². The molecule has 0 aliphatic heterocycles. The first-order valence-electron chi connectivity index (χ1n) is 4.88. The lowest BCUT2D eigenvalue weighted by atomic mass is 10.1. The maximum absolute atomic E-state index is 5.68. The third-order valence-electron chi connectivity index (χ3n) is 2.83. The number of hydrogen-bond acceptors (Lipinski definition) is 5. The molecule has 2 aromatic heterocycles. The minimum Gasteiger partial charge on any atom is -0.342 e. The lowest BCUT2D eigenvalue weighted by molar-refractivity contribution is 0.347. The van der Waals surface area contributed by atoms with E-state index >= 15 is 0 Å². The van der Waals surface area contributed by atoms with Crippen molar-refractivity contribution in [2.75, 3.05) is 6.54 Å². The molecule has 2 heterocycles. The normalized spacial score (nSPS) is 17.9. The molecule has 78 valence electrons. The second kappa shape index (κ2) is 2.90. The molecule has 3 N–H and O–H groups in total. The molecular formula is C9H11N5O. The molecule has 0 spiro atoms. The molecule has 6 nitrogen and oxygen atoms in total. The van der Waals surface area contributed by atoms with Crippen LogP contribution in [0.1, 0.15) is 18.7 Å². The second-order valence-electron chi connectivity index (χ2n) is 3.85. The van der Waals surface area contributed by atoms with Crippen LogP contribution < -0.4 is 5.73 Å². The third kappa shape index (κ3) is 1.25. The molecule has 15 heavy (non-hydrogen) atoms. The van der Waals surface area contributed by atoms with Crippen LogP contribution in [-0.2, 0) is 5.41 Å². The molecule has 6 heteroatoms. The molecule has 0 unspecified atom stereocenters. The minimum atomic E-state index is -0.0577. The summed E-state index contributed by atoms with van der Waals surface area (Å²) in [6.45, 7) is 0.562. The minimum absolute atomic E-state index is 0.0577. The highest BCUT2D eigenvalue weighted by Gasteiger charge is 2.48. The number of nitrogens with one attached hydrogen (secondary N) is 1. The van der Waals surface area contributed by atoms with E-state index in [0.29, 0.717) is 24.1 Å². The number of imidazole rings is 1. The standard InChI is InChI=1S/C9H11N5O/c10-5-9(1-2-9)8-13-7(14-15-8)6-11-3-4-12-6/h3-4H,1-2,5,10H2,(H,11,12). The number of nitrogens with zero attached hydrogens (tertiary/aromatic N) is 3. The van der Waals surface area contributed by atoms with Gasteiger partial charge in [-0.3, -0.25) is 0 Å². The number of nitrogens with two attached hydrogens (primary N) is 1. The van der Waals surface area contributed by atoms with Crippen LogP contribution in [0.2, 0.25) is 0 Å². The molecule has 0 saturated heterocycles. The van der Waals surface area contributed by atoms with E-state index in [0.717, 1.165) is 12.8 Å². The van der Waals surface area contributed by atoms with Crippen molar-refractivity contribution in [2.45, 2.75) is 18.3 Å². The molecule has 0 amide bonds. The Hall–Kier alpha value is -1.69. The maximum atomic E-state index is 5.68. The van der Waals surface area contributed by atoms with Gasteiger partial charge in [0.1, 0.15) is 0 Å². The second-order valence-corrected chi connectivity index (χ2v) is 3.85. The van der Waals surface area contributed by atoms with E-state index in [4.69, 9.17) is 10.3 Å². The van der Waals surface area contributed by atoms with Crippen LogP contribution >= 0.6 is 0 Å². The Morgan fingerprint density at radius 1 is 1.53 bits per heavy atom. The molecule has 0 radical (unpaired) electrons. The molecule has 0 aromatic carbocycles. The first-order chi connectivity index (χ1) is 7.34. The van der Waals surface area contributed by atoms with Gasteiger partial charge in [0.25, 0.3) is 0 Å². The van der Waals surface area contributed by atoms with Crippen LogP contribution in [0.4, 0.5) is 0 Å². The van der Waals surface area contributed by atoms with Crippen molar-refractivity contribution in [3.63, 3.8) is 0 Å². The monoisotopic (exact) mass is 205 g/mol. The van der Waals surface area contributed by atoms with E-state index in [1.54, 1.807) is 12.4 Å². The molecular weight excluding hydrogens is 194 g/mol. The molecule has 2 aromatic rings. The highest BCUT2D eigenvalue weighted by molar-refractivity contribution is 5.41. The molecule has 3 rings (SSSR count). The zero-order valence-corrected chi connectivity index (χ0v) is 8.10. The molecule has 0 atom stereocenters. The van der Waals surface area contributed by atoms with Gasteiger partial charge in [-0.25, -0.2) is 4.98 Å². The van der Waals surface area contributed by atoms with E-state index in [-0.39, 0.29) is 5.41 Å². The van der Waals surface area contributed by atoms with Crippen molar-refractivity contribution in [1.29, 1.82) is 0 Å². The Morgan fingerprint density at radius 3 is 3.00 bits per heavy atom. The van der Waals surface area contributed by atoms with Gasteiger partial charge in [-0.15, -0.1) is 0 Å². The van der Waals surface area contributed by atoms with Crippen LogP contribution in [0.3, 0.4) is 0 Å². The summed E-state index contributed by atoms with van der Waals surface area (Å²) in [7, 11) is 0. The van der Waals surface area contributed by atoms with Gasteiger partial charge in [-0.05, 0) is 12.8 Å². The molecule has 1 fully saturated rings. The van der Waals surface area contributed by atoms with Crippen molar-refractivity contribution in [3.8, 4) is 11.6 Å². The van der Waals surface area contributed by atoms with E-state index in [1.807, 2.05) is 0 Å². The summed E-state index contributed by atoms with van der Waals surface area (Å²) in [5.41, 5.74) is 5.62. The molecule has 0 bridgehead atoms. The number of hydrogen-bond donors (Lipinski definition) is 2. The van der Waals surface area contributed by atoms with Gasteiger partial charge in [0, 0.05) is 18.9 Å². The highest BCUT2D eigenvalue weighted by atomic mass is 16.5. The maximum Gasteiger partial charge on any atom is 0.238 e. The van der Waals surface area contributed by atoms with Crippen molar-refractivity contribution >= 4 is 0 Å². The number of aromatic nitrogens is 4. The fraction of sp³-hybridized carbons (Fsp3) is 0.444. The summed E-state index contributed by atoms with van der Waals surface area (Å²) in [6, 6.07) is 0. The molecule has 1 saturated carbocycles. The van der Waals surface area contributed by atoms with Crippen LogP contribution in [0.15, 0.2) is 16.9 Å². The first kappa shape index (κ1) is 8.60. The van der Waals surface area contributed by atoms with Crippen molar-refractivity contribution in [3.05, 3.63) is 18.3 Å². The smallest absolute Gasteiger partial charge is 0.238 e. The van der Waals surface area contributed by atoms with Crippen LogP contribution in [0.5, 0.6) is 0 Å². The molecule has 1 aliphatic rings. The van der Waals surface area contributed by atoms with Crippen molar-refractivity contribution < 1.29 is 4.52 Å². The number of rotatable bonds is 3. The van der Waals surface area contributed by atoms with Gasteiger partial charge in [0.15, 0.2) is 5.82 Å². The predicted molar refractivity (Wildman–Crippen MR) is 51.8 cm³/mol. The van der Waals surface area contributed by atoms with Crippen LogP contribution in [-0.4, -0.2) is 26.7 Å². The Balaban J connectivity index is 1.95. The summed E-state index contributed by atoms with van der Waals surface area (Å²) < 4.78 is 5.21. The summed E-state index contributed by atoms with van der Waals surface area (Å²) in [5, 5.41) is 3.88. The Morgan fingerprint density at radius 2 is 2.40 bits per heavy atom. The quantitative estimate of drug-likeness (QED) is 0.758. The van der Waals surface area contributed by atoms with Crippen LogP contribution in [0, 0.1) is 0 Å². The van der Waals surface area contributed by atoms with Gasteiger partial charge >= 0.3 is 0 Å². The van der Waals surface area contributed by atoms with Gasteiger partial charge in [0.2, 0.25) is 11.7 Å². The van der Waals surface area contributed by atoms with Gasteiger partial charge in [-0.1, -0.05) is 5.16 Å². The zero-order chi connectivity index (χ0) is 10.3. The first-order valence-corrected chi connectivity index (χ1v) is 4.88. The number of aromatic amines is 1. The lowest BCUT2D eigenvalue weighted by Gasteiger charge is -2.03. The van der Waals surface area contributed by atoms with Crippen molar-refractivity contribution in [2.24, 2.45) is 5.73 Å². The van der Waals surface area contributed by atoms with E-state index in [1.165, 1.54) is 0 Å². The predicted octanol–water partition coefficient (Wildman–Crippen LogP) is 0.450. The number of H-pyrrole nitrogens is 1. The topological polar surface area (TPSA) is 93.6 Å². The largest absolute Gasteiger partial charge is 0.342 e. The Bertz CT molecular complexity index is 457. The van der Waals surface area contributed by atoms with E-state index in [9.17, 15) is 0 Å². The van der Waals surface area contributed by atoms with Gasteiger partial charge in [-0.2, -0.15) is 4.98 Å². The fourth-order valence-corrected chi connectivity index (χ4v) is 1.58. The Kier molecular flexibility index (Phi) is 1.66. The lowest BCUT2D eigenvalue weighted by Crippen LogP contribution is -2.19. The summed E-state index contributed by atoms with van der Waals surface area (Å²) in [5.74, 6) is 1.75. The summed E-state index contributed by atoms with van der Waals surface area (Å²) in [6.07, 6.45) is 5.44. The van der Waals surface area contributed by atoms with Gasteiger partial charge in [0.05, 0.1) is 5.41 Å². The summed E-state index contributed by atoms with van der Waals surface area (Å²) in [4.78, 5) is 11.3. The average Bonchev–Trinajstić information content (AvgIpc) is 2.74. The highest BCUT2D eigenvalue weighted by Crippen LogP contribution is 2.46. The van der Waals surface area contributed by atoms with Crippen molar-refractivity contribution in [1.82, 2.24) is 20.1 Å². The fourth-order valence-electron chi connectivity index (χ4n) is 1.58. The Labute approximate surface area is 85.9 Å². The van der Waals surface area contributed by atoms with E-state index in [2.05, 4.69) is 20.1 Å².